The number of methoxy groups -OCH3 is 1. The summed E-state index contributed by atoms with van der Waals surface area (Å²) in [5.74, 6) is 1.29. The van der Waals surface area contributed by atoms with Crippen molar-refractivity contribution in [3.8, 4) is 11.5 Å². The molecule has 0 atom stereocenters. The van der Waals surface area contributed by atoms with Gasteiger partial charge in [-0.1, -0.05) is 39.0 Å². The van der Waals surface area contributed by atoms with Gasteiger partial charge in [0.25, 0.3) is 5.91 Å². The monoisotopic (exact) mass is 341 g/mol. The average Bonchev–Trinajstić information content (AvgIpc) is 2.59. The quantitative estimate of drug-likeness (QED) is 0.851. The van der Waals surface area contributed by atoms with Crippen LogP contribution in [0, 0.1) is 0 Å². The van der Waals surface area contributed by atoms with E-state index in [4.69, 9.17) is 9.47 Å². The lowest BCUT2D eigenvalue weighted by atomic mass is 9.87. The molecule has 4 heteroatoms. The molecule has 25 heavy (non-hydrogen) atoms. The minimum absolute atomic E-state index is 0.0772. The van der Waals surface area contributed by atoms with Gasteiger partial charge in [0.15, 0.2) is 11.5 Å². The predicted octanol–water partition coefficient (Wildman–Crippen LogP) is 4.32. The predicted molar refractivity (Wildman–Crippen MR) is 100 cm³/mol. The molecule has 0 saturated carbocycles. The van der Waals surface area contributed by atoms with E-state index in [2.05, 4.69) is 26.1 Å². The fraction of sp³-hybridized carbons (Fsp3) is 0.381. The Morgan fingerprint density at radius 1 is 1.04 bits per heavy atom. The summed E-state index contributed by atoms with van der Waals surface area (Å²) in [7, 11) is 1.61. The second-order valence-electron chi connectivity index (χ2n) is 6.93. The summed E-state index contributed by atoms with van der Waals surface area (Å²) in [6.45, 7) is 9.39. The summed E-state index contributed by atoms with van der Waals surface area (Å²) in [6.07, 6.45) is 0. The Hall–Kier alpha value is -2.49. The molecule has 2 aromatic rings. The molecule has 0 saturated heterocycles. The van der Waals surface area contributed by atoms with Crippen molar-refractivity contribution in [2.45, 2.75) is 39.7 Å². The zero-order chi connectivity index (χ0) is 18.4. The van der Waals surface area contributed by atoms with Crippen LogP contribution in [-0.4, -0.2) is 19.6 Å². The summed E-state index contributed by atoms with van der Waals surface area (Å²) in [4.78, 5) is 12.3. The molecule has 134 valence electrons. The molecule has 1 N–H and O–H groups in total. The normalized spacial score (nSPS) is 11.1. The first-order chi connectivity index (χ1) is 11.8. The van der Waals surface area contributed by atoms with E-state index in [9.17, 15) is 4.79 Å². The largest absolute Gasteiger partial charge is 0.493 e. The highest BCUT2D eigenvalue weighted by molar-refractivity contribution is 5.94. The molecule has 0 aliphatic rings. The van der Waals surface area contributed by atoms with E-state index in [1.165, 1.54) is 5.56 Å². The van der Waals surface area contributed by atoms with Gasteiger partial charge in [0.2, 0.25) is 0 Å². The maximum atomic E-state index is 12.3. The Balaban J connectivity index is 2.03. The zero-order valence-corrected chi connectivity index (χ0v) is 15.7. The van der Waals surface area contributed by atoms with Crippen LogP contribution in [0.1, 0.15) is 49.2 Å². The van der Waals surface area contributed by atoms with Gasteiger partial charge in [-0.2, -0.15) is 0 Å². The molecule has 0 aliphatic heterocycles. The molecule has 2 aromatic carbocycles. The third-order valence-electron chi connectivity index (χ3n) is 3.99. The first-order valence-corrected chi connectivity index (χ1v) is 8.53. The van der Waals surface area contributed by atoms with Crippen molar-refractivity contribution in [1.82, 2.24) is 5.32 Å². The van der Waals surface area contributed by atoms with Crippen LogP contribution in [0.5, 0.6) is 11.5 Å². The number of ether oxygens (including phenoxy) is 2. The van der Waals surface area contributed by atoms with Gasteiger partial charge in [0.05, 0.1) is 13.7 Å². The van der Waals surface area contributed by atoms with E-state index >= 15 is 0 Å². The van der Waals surface area contributed by atoms with Crippen molar-refractivity contribution in [3.63, 3.8) is 0 Å². The number of amides is 1. The second kappa shape index (κ2) is 8.06. The molecule has 0 aromatic heterocycles. The molecular formula is C21H27NO3. The van der Waals surface area contributed by atoms with Crippen molar-refractivity contribution < 1.29 is 14.3 Å². The first kappa shape index (κ1) is 18.8. The number of carbonyl (C=O) groups is 1. The van der Waals surface area contributed by atoms with Gasteiger partial charge in [-0.05, 0) is 47.7 Å². The first-order valence-electron chi connectivity index (χ1n) is 8.53. The van der Waals surface area contributed by atoms with Crippen molar-refractivity contribution in [2.75, 3.05) is 13.7 Å². The summed E-state index contributed by atoms with van der Waals surface area (Å²) in [6, 6.07) is 13.4. The number of hydrogen-bond acceptors (Lipinski definition) is 3. The van der Waals surface area contributed by atoms with E-state index in [1.54, 1.807) is 7.11 Å². The van der Waals surface area contributed by atoms with Crippen molar-refractivity contribution in [3.05, 3.63) is 59.2 Å². The van der Waals surface area contributed by atoms with Gasteiger partial charge >= 0.3 is 0 Å². The van der Waals surface area contributed by atoms with Crippen LogP contribution in [0.15, 0.2) is 42.5 Å². The lowest BCUT2D eigenvalue weighted by Gasteiger charge is -2.19. The van der Waals surface area contributed by atoms with E-state index in [-0.39, 0.29) is 11.3 Å². The highest BCUT2D eigenvalue weighted by atomic mass is 16.5. The molecule has 0 unspecified atom stereocenters. The molecule has 0 radical (unpaired) electrons. The van der Waals surface area contributed by atoms with Crippen LogP contribution in [0.2, 0.25) is 0 Å². The van der Waals surface area contributed by atoms with E-state index in [1.807, 2.05) is 49.4 Å². The maximum Gasteiger partial charge on any atom is 0.251 e. The van der Waals surface area contributed by atoms with Crippen LogP contribution in [0.4, 0.5) is 0 Å². The molecular weight excluding hydrogens is 314 g/mol. The topological polar surface area (TPSA) is 47.6 Å². The molecule has 0 bridgehead atoms. The molecule has 1 amide bonds. The van der Waals surface area contributed by atoms with Crippen molar-refractivity contribution >= 4 is 5.91 Å². The van der Waals surface area contributed by atoms with Gasteiger partial charge in [-0.3, -0.25) is 4.79 Å². The molecule has 2 rings (SSSR count). The smallest absolute Gasteiger partial charge is 0.251 e. The summed E-state index contributed by atoms with van der Waals surface area (Å²) < 4.78 is 10.8. The Morgan fingerprint density at radius 2 is 1.72 bits per heavy atom. The van der Waals surface area contributed by atoms with Gasteiger partial charge in [-0.15, -0.1) is 0 Å². The lowest BCUT2D eigenvalue weighted by Crippen LogP contribution is -2.23. The molecule has 0 heterocycles. The number of benzene rings is 2. The Kier molecular flexibility index (Phi) is 6.07. The maximum absolute atomic E-state index is 12.3. The number of rotatable bonds is 6. The fourth-order valence-electron chi connectivity index (χ4n) is 2.51. The van der Waals surface area contributed by atoms with Gasteiger partial charge in [0, 0.05) is 12.1 Å². The van der Waals surface area contributed by atoms with Crippen molar-refractivity contribution in [1.29, 1.82) is 0 Å². The number of carbonyl (C=O) groups excluding carboxylic acids is 1. The van der Waals surface area contributed by atoms with Gasteiger partial charge in [0.1, 0.15) is 0 Å². The summed E-state index contributed by atoms with van der Waals surface area (Å²) in [5.41, 5.74) is 2.91. The molecule has 0 aliphatic carbocycles. The highest BCUT2D eigenvalue weighted by Gasteiger charge is 2.14. The zero-order valence-electron chi connectivity index (χ0n) is 15.7. The standard InChI is InChI=1S/C21H27NO3/c1-6-25-19-13-15(7-12-18(19)24-5)14-22-20(23)16-8-10-17(11-9-16)21(2,3)4/h7-13H,6,14H2,1-5H3,(H,22,23). The molecule has 0 spiro atoms. The Morgan fingerprint density at radius 3 is 2.28 bits per heavy atom. The highest BCUT2D eigenvalue weighted by Crippen LogP contribution is 2.28. The average molecular weight is 341 g/mol. The summed E-state index contributed by atoms with van der Waals surface area (Å²) in [5, 5.41) is 2.94. The van der Waals surface area contributed by atoms with E-state index in [0.29, 0.717) is 30.2 Å². The van der Waals surface area contributed by atoms with E-state index < -0.39 is 0 Å². The minimum atomic E-state index is -0.0887. The Bertz CT molecular complexity index is 715. The second-order valence-corrected chi connectivity index (χ2v) is 6.93. The third-order valence-corrected chi connectivity index (χ3v) is 3.99. The lowest BCUT2D eigenvalue weighted by molar-refractivity contribution is 0.0951. The van der Waals surface area contributed by atoms with Crippen LogP contribution < -0.4 is 14.8 Å². The minimum Gasteiger partial charge on any atom is -0.493 e. The number of nitrogens with one attached hydrogen (secondary N) is 1. The molecule has 4 nitrogen and oxygen atoms in total. The van der Waals surface area contributed by atoms with Crippen LogP contribution in [0.25, 0.3) is 0 Å². The molecule has 0 fully saturated rings. The fourth-order valence-corrected chi connectivity index (χ4v) is 2.51. The number of hydrogen-bond donors (Lipinski definition) is 1. The SMILES string of the molecule is CCOc1cc(CNC(=O)c2ccc(C(C)(C)C)cc2)ccc1OC. The van der Waals surface area contributed by atoms with E-state index in [0.717, 1.165) is 5.56 Å². The Labute approximate surface area is 150 Å². The van der Waals surface area contributed by atoms with Crippen LogP contribution >= 0.6 is 0 Å². The summed E-state index contributed by atoms with van der Waals surface area (Å²) >= 11 is 0. The third kappa shape index (κ3) is 4.99. The van der Waals surface area contributed by atoms with Crippen molar-refractivity contribution in [2.24, 2.45) is 0 Å². The van der Waals surface area contributed by atoms with Crippen LogP contribution in [-0.2, 0) is 12.0 Å². The van der Waals surface area contributed by atoms with Gasteiger partial charge < -0.3 is 14.8 Å². The van der Waals surface area contributed by atoms with Crippen LogP contribution in [0.3, 0.4) is 0 Å². The van der Waals surface area contributed by atoms with Gasteiger partial charge in [-0.25, -0.2) is 0 Å².